The summed E-state index contributed by atoms with van der Waals surface area (Å²) >= 11 is 0. The second-order valence-corrected chi connectivity index (χ2v) is 8.55. The van der Waals surface area contributed by atoms with Crippen molar-refractivity contribution in [2.75, 3.05) is 6.54 Å². The van der Waals surface area contributed by atoms with Gasteiger partial charge in [-0.25, -0.2) is 4.39 Å². The van der Waals surface area contributed by atoms with E-state index in [4.69, 9.17) is 4.74 Å². The van der Waals surface area contributed by atoms with Crippen molar-refractivity contribution in [1.29, 1.82) is 0 Å². The van der Waals surface area contributed by atoms with Crippen LogP contribution in [0.25, 0.3) is 0 Å². The van der Waals surface area contributed by atoms with Gasteiger partial charge in [-0.05, 0) is 62.3 Å². The normalized spacial score (nSPS) is 30.1. The van der Waals surface area contributed by atoms with Gasteiger partial charge in [0.1, 0.15) is 5.82 Å². The van der Waals surface area contributed by atoms with Crippen LogP contribution in [0.1, 0.15) is 44.9 Å². The van der Waals surface area contributed by atoms with Crippen LogP contribution in [0, 0.1) is 39.1 Å². The first-order chi connectivity index (χ1) is 13.3. The van der Waals surface area contributed by atoms with Crippen LogP contribution in [0.4, 0.5) is 10.1 Å². The minimum atomic E-state index is -0.750. The van der Waals surface area contributed by atoms with E-state index in [0.717, 1.165) is 37.5 Å². The molecule has 0 spiro atoms. The van der Waals surface area contributed by atoms with Crippen molar-refractivity contribution >= 4 is 17.6 Å². The van der Waals surface area contributed by atoms with Gasteiger partial charge in [0.2, 0.25) is 11.7 Å². The monoisotopic (exact) mass is 390 g/mol. The molecule has 5 rings (SSSR count). The van der Waals surface area contributed by atoms with Crippen LogP contribution in [0.5, 0.6) is 5.75 Å². The number of benzene rings is 1. The van der Waals surface area contributed by atoms with E-state index in [1.807, 2.05) is 0 Å². The Morgan fingerprint density at radius 1 is 1.18 bits per heavy atom. The zero-order valence-electron chi connectivity index (χ0n) is 15.5. The van der Waals surface area contributed by atoms with Gasteiger partial charge in [-0.1, -0.05) is 0 Å². The number of nitro groups is 1. The van der Waals surface area contributed by atoms with Gasteiger partial charge in [0.05, 0.1) is 11.3 Å². The first-order valence-electron chi connectivity index (χ1n) is 9.77. The summed E-state index contributed by atoms with van der Waals surface area (Å²) < 4.78 is 18.3. The maximum absolute atomic E-state index is 13.3. The molecule has 4 saturated carbocycles. The van der Waals surface area contributed by atoms with Crippen molar-refractivity contribution in [3.8, 4) is 5.75 Å². The first-order valence-corrected chi connectivity index (χ1v) is 9.77. The molecular formula is C20H23FN2O5. The topological polar surface area (TPSA) is 98.5 Å². The van der Waals surface area contributed by atoms with E-state index in [1.54, 1.807) is 0 Å². The summed E-state index contributed by atoms with van der Waals surface area (Å²) in [6, 6.07) is 2.69. The van der Waals surface area contributed by atoms with Crippen LogP contribution >= 0.6 is 0 Å². The largest absolute Gasteiger partial charge is 0.419 e. The van der Waals surface area contributed by atoms with E-state index in [1.165, 1.54) is 19.3 Å². The maximum atomic E-state index is 13.3. The Labute approximate surface area is 161 Å². The molecule has 1 N–H and O–H groups in total. The number of hydrogen-bond acceptors (Lipinski definition) is 5. The molecule has 7 nitrogen and oxygen atoms in total. The molecule has 8 heteroatoms. The number of nitrogens with zero attached hydrogens (tertiary/aromatic N) is 1. The number of amides is 1. The molecule has 0 heterocycles. The van der Waals surface area contributed by atoms with Gasteiger partial charge in [-0.3, -0.25) is 19.7 Å². The van der Waals surface area contributed by atoms with Crippen molar-refractivity contribution in [2.24, 2.45) is 23.2 Å². The van der Waals surface area contributed by atoms with Crippen molar-refractivity contribution < 1.29 is 23.6 Å². The summed E-state index contributed by atoms with van der Waals surface area (Å²) in [5.74, 6) is 0.0445. The lowest BCUT2D eigenvalue weighted by molar-refractivity contribution is -0.385. The van der Waals surface area contributed by atoms with Crippen LogP contribution in [-0.4, -0.2) is 23.3 Å². The summed E-state index contributed by atoms with van der Waals surface area (Å²) in [4.78, 5) is 35.1. The standard InChI is InChI=1S/C20H23FN2O5/c21-15-1-2-16(23(26)27)17(8-15)28-18(24)3-4-22-19(25)20-9-12-5-13(10-20)7-14(6-12)11-20/h1-2,8,12-14H,3-7,9-11H2,(H,22,25). The quantitative estimate of drug-likeness (QED) is 0.348. The molecule has 4 bridgehead atoms. The number of nitrogens with one attached hydrogen (secondary N) is 1. The molecule has 0 saturated heterocycles. The molecule has 0 radical (unpaired) electrons. The first kappa shape index (κ1) is 18.8. The van der Waals surface area contributed by atoms with Gasteiger partial charge in [-0.15, -0.1) is 0 Å². The second-order valence-electron chi connectivity index (χ2n) is 8.55. The number of esters is 1. The number of nitro benzene ring substituents is 1. The average Bonchev–Trinajstić information content (AvgIpc) is 2.60. The van der Waals surface area contributed by atoms with Crippen LogP contribution in [0.2, 0.25) is 0 Å². The summed E-state index contributed by atoms with van der Waals surface area (Å²) in [7, 11) is 0. The summed E-state index contributed by atoms with van der Waals surface area (Å²) in [6.07, 6.45) is 6.40. The van der Waals surface area contributed by atoms with E-state index in [-0.39, 0.29) is 24.3 Å². The molecule has 4 aliphatic rings. The number of carbonyl (C=O) groups is 2. The molecule has 0 atom stereocenters. The van der Waals surface area contributed by atoms with Gasteiger partial charge in [0.25, 0.3) is 0 Å². The Morgan fingerprint density at radius 2 is 1.79 bits per heavy atom. The highest BCUT2D eigenvalue weighted by Gasteiger charge is 2.54. The fourth-order valence-corrected chi connectivity index (χ4v) is 5.75. The Hall–Kier alpha value is -2.51. The molecule has 1 aromatic rings. The van der Waals surface area contributed by atoms with Crippen molar-refractivity contribution in [3.63, 3.8) is 0 Å². The van der Waals surface area contributed by atoms with E-state index in [0.29, 0.717) is 17.8 Å². The molecule has 28 heavy (non-hydrogen) atoms. The smallest absolute Gasteiger partial charge is 0.313 e. The SMILES string of the molecule is O=C(CCNC(=O)C12CC3CC(CC(C3)C1)C2)Oc1cc(F)ccc1[N+](=O)[O-]. The van der Waals surface area contributed by atoms with Crippen molar-refractivity contribution in [3.05, 3.63) is 34.1 Å². The van der Waals surface area contributed by atoms with Gasteiger partial charge in [0, 0.05) is 24.1 Å². The lowest BCUT2D eigenvalue weighted by atomic mass is 9.49. The highest BCUT2D eigenvalue weighted by Crippen LogP contribution is 2.60. The fourth-order valence-electron chi connectivity index (χ4n) is 5.75. The third kappa shape index (κ3) is 3.59. The van der Waals surface area contributed by atoms with Gasteiger partial charge in [0.15, 0.2) is 0 Å². The second kappa shape index (κ2) is 7.14. The molecule has 150 valence electrons. The van der Waals surface area contributed by atoms with Gasteiger partial charge in [-0.2, -0.15) is 0 Å². The molecule has 4 aliphatic carbocycles. The predicted molar refractivity (Wildman–Crippen MR) is 96.9 cm³/mol. The van der Waals surface area contributed by atoms with Crippen molar-refractivity contribution in [1.82, 2.24) is 5.32 Å². The summed E-state index contributed by atoms with van der Waals surface area (Å²) in [5.41, 5.74) is -0.771. The molecular weight excluding hydrogens is 367 g/mol. The van der Waals surface area contributed by atoms with Crippen molar-refractivity contribution in [2.45, 2.75) is 44.9 Å². The average molecular weight is 390 g/mol. The predicted octanol–water partition coefficient (Wildman–Crippen LogP) is 3.36. The number of hydrogen-bond donors (Lipinski definition) is 1. The number of halogens is 1. The lowest BCUT2D eigenvalue weighted by Gasteiger charge is -2.55. The minimum absolute atomic E-state index is 0.0103. The highest BCUT2D eigenvalue weighted by atomic mass is 19.1. The van der Waals surface area contributed by atoms with E-state index >= 15 is 0 Å². The van der Waals surface area contributed by atoms with Gasteiger partial charge < -0.3 is 10.1 Å². The number of ether oxygens (including phenoxy) is 1. The lowest BCUT2D eigenvalue weighted by Crippen LogP contribution is -2.53. The zero-order valence-corrected chi connectivity index (χ0v) is 15.5. The molecule has 0 aromatic heterocycles. The Bertz CT molecular complexity index is 790. The molecule has 0 aliphatic heterocycles. The number of carbonyl (C=O) groups excluding carboxylic acids is 2. The van der Waals surface area contributed by atoms with E-state index in [2.05, 4.69) is 5.32 Å². The van der Waals surface area contributed by atoms with Crippen LogP contribution in [0.3, 0.4) is 0 Å². The fraction of sp³-hybridized carbons (Fsp3) is 0.600. The maximum Gasteiger partial charge on any atom is 0.313 e. The summed E-state index contributed by atoms with van der Waals surface area (Å²) in [5, 5.41) is 13.8. The van der Waals surface area contributed by atoms with E-state index < -0.39 is 28.1 Å². The number of rotatable bonds is 6. The van der Waals surface area contributed by atoms with Crippen LogP contribution in [-0.2, 0) is 9.59 Å². The third-order valence-electron chi connectivity index (χ3n) is 6.48. The van der Waals surface area contributed by atoms with E-state index in [9.17, 15) is 24.1 Å². The minimum Gasteiger partial charge on any atom is -0.419 e. The zero-order chi connectivity index (χ0) is 19.9. The highest BCUT2D eigenvalue weighted by molar-refractivity contribution is 5.83. The van der Waals surface area contributed by atoms with Crippen LogP contribution < -0.4 is 10.1 Å². The van der Waals surface area contributed by atoms with Crippen LogP contribution in [0.15, 0.2) is 18.2 Å². The third-order valence-corrected chi connectivity index (χ3v) is 6.48. The molecule has 4 fully saturated rings. The molecule has 1 amide bonds. The summed E-state index contributed by atoms with van der Waals surface area (Å²) in [6.45, 7) is 0.0997. The Balaban J connectivity index is 1.31. The van der Waals surface area contributed by atoms with Gasteiger partial charge >= 0.3 is 11.7 Å². The molecule has 1 aromatic carbocycles. The Morgan fingerprint density at radius 3 is 2.36 bits per heavy atom. The molecule has 0 unspecified atom stereocenters. The Kier molecular flexibility index (Phi) is 4.81.